The number of nitro benzene ring substituents is 1. The van der Waals surface area contributed by atoms with Crippen molar-refractivity contribution in [1.29, 1.82) is 0 Å². The average Bonchev–Trinajstić information content (AvgIpc) is 2.38. The lowest BCUT2D eigenvalue weighted by Crippen LogP contribution is -2.13. The zero-order chi connectivity index (χ0) is 14.7. The second kappa shape index (κ2) is 5.79. The highest BCUT2D eigenvalue weighted by Gasteiger charge is 2.18. The molecule has 0 atom stereocenters. The molecule has 0 fully saturated rings. The third-order valence-corrected chi connectivity index (χ3v) is 3.21. The first-order valence-electron chi connectivity index (χ1n) is 5.49. The number of hydrogen-bond donors (Lipinski definition) is 1. The molecule has 2 aromatic carbocycles. The van der Waals surface area contributed by atoms with Crippen LogP contribution in [0.5, 0.6) is 0 Å². The fourth-order valence-corrected chi connectivity index (χ4v) is 2.07. The third-order valence-electron chi connectivity index (χ3n) is 2.52. The number of rotatable bonds is 3. The molecule has 0 aliphatic heterocycles. The predicted octanol–water partition coefficient (Wildman–Crippen LogP) is 3.75. The standard InChI is InChI=1S/C13H8BrFN2O3/c14-10-4-2-1-3-9(10)13(18)16-11-7-8(15)5-6-12(11)17(19)20/h1-7H,(H,16,18). The minimum absolute atomic E-state index is 0.184. The second-order valence-electron chi connectivity index (χ2n) is 3.85. The number of halogens is 2. The number of nitrogens with zero attached hydrogens (tertiary/aromatic N) is 1. The van der Waals surface area contributed by atoms with E-state index in [4.69, 9.17) is 0 Å². The van der Waals surface area contributed by atoms with Crippen LogP contribution in [0.3, 0.4) is 0 Å². The minimum atomic E-state index is -0.685. The van der Waals surface area contributed by atoms with E-state index in [-0.39, 0.29) is 11.4 Å². The predicted molar refractivity (Wildman–Crippen MR) is 75.1 cm³/mol. The van der Waals surface area contributed by atoms with Gasteiger partial charge in [0.2, 0.25) is 0 Å². The molecule has 2 rings (SSSR count). The molecule has 0 heterocycles. The molecule has 0 radical (unpaired) electrons. The number of carbonyl (C=O) groups excluding carboxylic acids is 1. The van der Waals surface area contributed by atoms with Gasteiger partial charge in [-0.15, -0.1) is 0 Å². The summed E-state index contributed by atoms with van der Waals surface area (Å²) in [6.07, 6.45) is 0. The molecule has 0 saturated heterocycles. The van der Waals surface area contributed by atoms with Gasteiger partial charge in [0.05, 0.1) is 10.5 Å². The van der Waals surface area contributed by atoms with Crippen molar-refractivity contribution in [3.8, 4) is 0 Å². The Bertz CT molecular complexity index is 691. The van der Waals surface area contributed by atoms with Crippen molar-refractivity contribution < 1.29 is 14.1 Å². The highest BCUT2D eigenvalue weighted by molar-refractivity contribution is 9.10. The molecule has 1 N–H and O–H groups in total. The average molecular weight is 339 g/mol. The first-order chi connectivity index (χ1) is 9.49. The fraction of sp³-hybridized carbons (Fsp3) is 0. The summed E-state index contributed by atoms with van der Waals surface area (Å²) in [6.45, 7) is 0. The molecular formula is C13H8BrFN2O3. The van der Waals surface area contributed by atoms with Gasteiger partial charge in [-0.1, -0.05) is 12.1 Å². The van der Waals surface area contributed by atoms with E-state index in [0.717, 1.165) is 18.2 Å². The topological polar surface area (TPSA) is 72.2 Å². The molecule has 0 spiro atoms. The van der Waals surface area contributed by atoms with Gasteiger partial charge in [-0.25, -0.2) is 4.39 Å². The molecule has 0 aliphatic carbocycles. The van der Waals surface area contributed by atoms with Crippen LogP contribution in [0.1, 0.15) is 10.4 Å². The van der Waals surface area contributed by atoms with Crippen LogP contribution in [-0.2, 0) is 0 Å². The van der Waals surface area contributed by atoms with Crippen LogP contribution >= 0.6 is 15.9 Å². The quantitative estimate of drug-likeness (QED) is 0.684. The maximum atomic E-state index is 13.2. The number of nitrogens with one attached hydrogen (secondary N) is 1. The maximum Gasteiger partial charge on any atom is 0.292 e. The maximum absolute atomic E-state index is 13.2. The van der Waals surface area contributed by atoms with Crippen molar-refractivity contribution in [2.75, 3.05) is 5.32 Å². The van der Waals surface area contributed by atoms with E-state index in [1.165, 1.54) is 0 Å². The van der Waals surface area contributed by atoms with Gasteiger partial charge in [0.25, 0.3) is 11.6 Å². The fourth-order valence-electron chi connectivity index (χ4n) is 1.60. The number of carbonyl (C=O) groups is 1. The summed E-state index contributed by atoms with van der Waals surface area (Å²) < 4.78 is 13.7. The SMILES string of the molecule is O=C(Nc1cc(F)ccc1[N+](=O)[O-])c1ccccc1Br. The number of anilines is 1. The summed E-state index contributed by atoms with van der Waals surface area (Å²) in [4.78, 5) is 22.2. The summed E-state index contributed by atoms with van der Waals surface area (Å²) in [6, 6.07) is 9.47. The normalized spacial score (nSPS) is 10.1. The van der Waals surface area contributed by atoms with Gasteiger partial charge in [0.15, 0.2) is 0 Å². The zero-order valence-corrected chi connectivity index (χ0v) is 11.6. The molecule has 20 heavy (non-hydrogen) atoms. The Kier molecular flexibility index (Phi) is 4.09. The van der Waals surface area contributed by atoms with Crippen LogP contribution in [0.4, 0.5) is 15.8 Å². The van der Waals surface area contributed by atoms with Crippen molar-refractivity contribution in [3.05, 3.63) is 68.4 Å². The molecule has 7 heteroatoms. The molecule has 1 amide bonds. The van der Waals surface area contributed by atoms with Gasteiger partial charge in [0.1, 0.15) is 11.5 Å². The van der Waals surface area contributed by atoms with E-state index in [0.29, 0.717) is 10.0 Å². The van der Waals surface area contributed by atoms with Crippen LogP contribution in [0.15, 0.2) is 46.9 Å². The first kappa shape index (κ1) is 14.1. The Morgan fingerprint density at radius 1 is 1.25 bits per heavy atom. The van der Waals surface area contributed by atoms with Gasteiger partial charge in [-0.2, -0.15) is 0 Å². The number of benzene rings is 2. The summed E-state index contributed by atoms with van der Waals surface area (Å²) in [5, 5.41) is 13.2. The molecule has 0 saturated carbocycles. The van der Waals surface area contributed by atoms with Crippen LogP contribution in [-0.4, -0.2) is 10.8 Å². The van der Waals surface area contributed by atoms with Gasteiger partial charge >= 0.3 is 0 Å². The summed E-state index contributed by atoms with van der Waals surface area (Å²) in [5.41, 5.74) is -0.256. The molecule has 102 valence electrons. The Labute approximate surface area is 121 Å². The number of nitro groups is 1. The Morgan fingerprint density at radius 2 is 1.95 bits per heavy atom. The highest BCUT2D eigenvalue weighted by atomic mass is 79.9. The van der Waals surface area contributed by atoms with Gasteiger partial charge in [-0.05, 0) is 34.1 Å². The van der Waals surface area contributed by atoms with E-state index < -0.39 is 16.6 Å². The smallest absolute Gasteiger partial charge is 0.292 e. The largest absolute Gasteiger partial charge is 0.316 e. The van der Waals surface area contributed by atoms with E-state index in [2.05, 4.69) is 21.2 Å². The summed E-state index contributed by atoms with van der Waals surface area (Å²) in [5.74, 6) is -1.23. The van der Waals surface area contributed by atoms with Crippen LogP contribution < -0.4 is 5.32 Å². The van der Waals surface area contributed by atoms with Crippen LogP contribution in [0.2, 0.25) is 0 Å². The lowest BCUT2D eigenvalue weighted by atomic mass is 10.2. The molecule has 0 bridgehead atoms. The van der Waals surface area contributed by atoms with Gasteiger partial charge in [-0.3, -0.25) is 14.9 Å². The molecule has 0 aliphatic rings. The first-order valence-corrected chi connectivity index (χ1v) is 6.28. The van der Waals surface area contributed by atoms with Crippen molar-refractivity contribution in [1.82, 2.24) is 0 Å². The highest BCUT2D eigenvalue weighted by Crippen LogP contribution is 2.26. The lowest BCUT2D eigenvalue weighted by Gasteiger charge is -2.07. The number of hydrogen-bond acceptors (Lipinski definition) is 3. The lowest BCUT2D eigenvalue weighted by molar-refractivity contribution is -0.384. The van der Waals surface area contributed by atoms with Crippen molar-refractivity contribution >= 4 is 33.2 Å². The molecule has 2 aromatic rings. The van der Waals surface area contributed by atoms with Crippen molar-refractivity contribution in [3.63, 3.8) is 0 Å². The Morgan fingerprint density at radius 3 is 2.60 bits per heavy atom. The molecule has 0 aromatic heterocycles. The monoisotopic (exact) mass is 338 g/mol. The van der Waals surface area contributed by atoms with Crippen LogP contribution in [0, 0.1) is 15.9 Å². The van der Waals surface area contributed by atoms with E-state index in [1.807, 2.05) is 0 Å². The Balaban J connectivity index is 2.35. The second-order valence-corrected chi connectivity index (χ2v) is 4.71. The minimum Gasteiger partial charge on any atom is -0.316 e. The van der Waals surface area contributed by atoms with Gasteiger partial charge in [0, 0.05) is 16.6 Å². The molecule has 0 unspecified atom stereocenters. The zero-order valence-electron chi connectivity index (χ0n) is 9.97. The van der Waals surface area contributed by atoms with Crippen LogP contribution in [0.25, 0.3) is 0 Å². The van der Waals surface area contributed by atoms with Crippen molar-refractivity contribution in [2.45, 2.75) is 0 Å². The summed E-state index contributed by atoms with van der Waals surface area (Å²) in [7, 11) is 0. The molecule has 5 nitrogen and oxygen atoms in total. The third kappa shape index (κ3) is 3.00. The Hall–Kier alpha value is -2.28. The summed E-state index contributed by atoms with van der Waals surface area (Å²) >= 11 is 3.20. The molecular weight excluding hydrogens is 331 g/mol. The number of amides is 1. The van der Waals surface area contributed by atoms with E-state index >= 15 is 0 Å². The van der Waals surface area contributed by atoms with E-state index in [9.17, 15) is 19.3 Å². The van der Waals surface area contributed by atoms with Gasteiger partial charge < -0.3 is 5.32 Å². The van der Waals surface area contributed by atoms with E-state index in [1.54, 1.807) is 24.3 Å². The van der Waals surface area contributed by atoms with Crippen molar-refractivity contribution in [2.24, 2.45) is 0 Å².